The summed E-state index contributed by atoms with van der Waals surface area (Å²) in [4.78, 5) is 11.5. The van der Waals surface area contributed by atoms with Gasteiger partial charge in [-0.2, -0.15) is 0 Å². The number of aryl methyl sites for hydroxylation is 1. The van der Waals surface area contributed by atoms with Crippen molar-refractivity contribution in [1.82, 2.24) is 5.32 Å². The van der Waals surface area contributed by atoms with Crippen LogP contribution in [0.15, 0.2) is 12.1 Å². The number of halogens is 2. The maximum atomic E-state index is 13.7. The lowest BCUT2D eigenvalue weighted by molar-refractivity contribution is 0.0524. The molecule has 1 atom stereocenters. The topological polar surface area (TPSA) is 64.3 Å². The van der Waals surface area contributed by atoms with Gasteiger partial charge in [0.1, 0.15) is 17.2 Å². The summed E-state index contributed by atoms with van der Waals surface area (Å²) in [5.74, 6) is -0.972. The highest BCUT2D eigenvalue weighted by Crippen LogP contribution is 2.15. The summed E-state index contributed by atoms with van der Waals surface area (Å²) in [5, 5.41) is 2.50. The molecule has 21 heavy (non-hydrogen) atoms. The molecule has 1 aromatic carbocycles. The van der Waals surface area contributed by atoms with Crippen LogP contribution in [0, 0.1) is 18.6 Å². The van der Waals surface area contributed by atoms with E-state index < -0.39 is 29.4 Å². The number of nitrogens with two attached hydrogens (primary N) is 1. The molecule has 0 spiro atoms. The Kier molecular flexibility index (Phi) is 5.66. The lowest BCUT2D eigenvalue weighted by Gasteiger charge is -2.21. The summed E-state index contributed by atoms with van der Waals surface area (Å²) in [7, 11) is 0. The zero-order valence-corrected chi connectivity index (χ0v) is 12.8. The quantitative estimate of drug-likeness (QED) is 0.898. The summed E-state index contributed by atoms with van der Waals surface area (Å²) in [6, 6.07) is 1.74. The van der Waals surface area contributed by atoms with Gasteiger partial charge in [0.15, 0.2) is 0 Å². The van der Waals surface area contributed by atoms with Gasteiger partial charge < -0.3 is 15.8 Å². The highest BCUT2D eigenvalue weighted by molar-refractivity contribution is 5.67. The van der Waals surface area contributed by atoms with Crippen molar-refractivity contribution in [3.8, 4) is 0 Å². The van der Waals surface area contributed by atoms with Gasteiger partial charge >= 0.3 is 6.09 Å². The molecule has 1 amide bonds. The molecule has 0 saturated heterocycles. The number of alkyl carbamates (subject to hydrolysis) is 1. The summed E-state index contributed by atoms with van der Waals surface area (Å²) < 4.78 is 32.1. The van der Waals surface area contributed by atoms with Crippen molar-refractivity contribution in [1.29, 1.82) is 0 Å². The van der Waals surface area contributed by atoms with Gasteiger partial charge in [-0.25, -0.2) is 13.6 Å². The molecule has 0 aliphatic carbocycles. The van der Waals surface area contributed by atoms with E-state index in [1.807, 2.05) is 0 Å². The van der Waals surface area contributed by atoms with Gasteiger partial charge in [-0.1, -0.05) is 0 Å². The van der Waals surface area contributed by atoms with Crippen LogP contribution >= 0.6 is 0 Å². The molecule has 3 N–H and O–H groups in total. The maximum Gasteiger partial charge on any atom is 0.407 e. The van der Waals surface area contributed by atoms with E-state index in [1.165, 1.54) is 6.92 Å². The molecule has 1 aromatic rings. The first kappa shape index (κ1) is 17.4. The van der Waals surface area contributed by atoms with Gasteiger partial charge in [0.25, 0.3) is 0 Å². The van der Waals surface area contributed by atoms with Crippen LogP contribution < -0.4 is 11.1 Å². The molecule has 4 nitrogen and oxygen atoms in total. The molecule has 6 heteroatoms. The fourth-order valence-corrected chi connectivity index (χ4v) is 1.73. The van der Waals surface area contributed by atoms with Gasteiger partial charge in [-0.3, -0.25) is 0 Å². The molecule has 0 heterocycles. The van der Waals surface area contributed by atoms with Crippen molar-refractivity contribution in [2.45, 2.75) is 45.8 Å². The zero-order valence-electron chi connectivity index (χ0n) is 12.8. The zero-order chi connectivity index (χ0) is 16.2. The van der Waals surface area contributed by atoms with E-state index in [9.17, 15) is 13.6 Å². The Morgan fingerprint density at radius 1 is 1.33 bits per heavy atom. The fourth-order valence-electron chi connectivity index (χ4n) is 1.73. The largest absolute Gasteiger partial charge is 0.444 e. The van der Waals surface area contributed by atoms with Crippen molar-refractivity contribution < 1.29 is 18.3 Å². The monoisotopic (exact) mass is 300 g/mol. The molecular formula is C15H22F2N2O2. The third kappa shape index (κ3) is 6.08. The van der Waals surface area contributed by atoms with Crippen molar-refractivity contribution in [2.75, 3.05) is 6.54 Å². The molecule has 0 radical (unpaired) electrons. The smallest absolute Gasteiger partial charge is 0.407 e. The van der Waals surface area contributed by atoms with Crippen molar-refractivity contribution in [3.05, 3.63) is 34.9 Å². The Balaban J connectivity index is 2.53. The summed E-state index contributed by atoms with van der Waals surface area (Å²) >= 11 is 0. The summed E-state index contributed by atoms with van der Waals surface area (Å²) in [6.45, 7) is 6.85. The molecule has 1 unspecified atom stereocenters. The van der Waals surface area contributed by atoms with E-state index in [4.69, 9.17) is 10.5 Å². The molecule has 0 saturated carbocycles. The van der Waals surface area contributed by atoms with E-state index in [0.717, 1.165) is 12.1 Å². The molecule has 0 bridgehead atoms. The van der Waals surface area contributed by atoms with Crippen LogP contribution in [-0.2, 0) is 11.2 Å². The number of hydrogen-bond acceptors (Lipinski definition) is 3. The Bertz CT molecular complexity index is 513. The Hall–Kier alpha value is -1.69. The molecule has 0 aromatic heterocycles. The standard InChI is InChI=1S/C15H22F2N2O2/c1-9-5-13(17)10(7-12(9)16)6-11(18)8-19-14(20)21-15(2,3)4/h5,7,11H,6,8,18H2,1-4H3,(H,19,20). The molecule has 0 aliphatic heterocycles. The number of hydrogen-bond donors (Lipinski definition) is 2. The van der Waals surface area contributed by atoms with Crippen molar-refractivity contribution in [3.63, 3.8) is 0 Å². The second kappa shape index (κ2) is 6.85. The number of amides is 1. The predicted octanol–water partition coefficient (Wildman–Crippen LogP) is 2.67. The van der Waals surface area contributed by atoms with Crippen molar-refractivity contribution in [2.24, 2.45) is 5.73 Å². The number of benzene rings is 1. The minimum Gasteiger partial charge on any atom is -0.444 e. The van der Waals surface area contributed by atoms with E-state index in [0.29, 0.717) is 0 Å². The second-order valence-electron chi connectivity index (χ2n) is 6.04. The van der Waals surface area contributed by atoms with E-state index in [-0.39, 0.29) is 24.1 Å². The normalized spacial score (nSPS) is 12.9. The lowest BCUT2D eigenvalue weighted by Crippen LogP contribution is -2.41. The summed E-state index contributed by atoms with van der Waals surface area (Å²) in [6.07, 6.45) is -0.466. The molecule has 118 valence electrons. The van der Waals surface area contributed by atoms with Crippen LogP contribution in [0.25, 0.3) is 0 Å². The highest BCUT2D eigenvalue weighted by Gasteiger charge is 2.17. The average Bonchev–Trinajstić information content (AvgIpc) is 2.31. The third-order valence-electron chi connectivity index (χ3n) is 2.72. The first-order chi connectivity index (χ1) is 9.58. The molecule has 0 aliphatic rings. The van der Waals surface area contributed by atoms with Gasteiger partial charge in [0.2, 0.25) is 0 Å². The Morgan fingerprint density at radius 2 is 1.95 bits per heavy atom. The highest BCUT2D eigenvalue weighted by atomic mass is 19.1. The number of nitrogens with one attached hydrogen (secondary N) is 1. The van der Waals surface area contributed by atoms with Crippen LogP contribution in [0.2, 0.25) is 0 Å². The SMILES string of the molecule is Cc1cc(F)c(CC(N)CNC(=O)OC(C)(C)C)cc1F. The van der Waals surface area contributed by atoms with Crippen LogP contribution in [0.1, 0.15) is 31.9 Å². The van der Waals surface area contributed by atoms with E-state index >= 15 is 0 Å². The number of carbonyl (C=O) groups excluding carboxylic acids is 1. The van der Waals surface area contributed by atoms with Crippen LogP contribution in [-0.4, -0.2) is 24.3 Å². The summed E-state index contributed by atoms with van der Waals surface area (Å²) in [5.41, 5.74) is 5.66. The second-order valence-corrected chi connectivity index (χ2v) is 6.04. The Labute approximate surface area is 123 Å². The predicted molar refractivity (Wildman–Crippen MR) is 77.0 cm³/mol. The van der Waals surface area contributed by atoms with Gasteiger partial charge in [-0.15, -0.1) is 0 Å². The minimum absolute atomic E-state index is 0.115. The van der Waals surface area contributed by atoms with Crippen molar-refractivity contribution >= 4 is 6.09 Å². The number of rotatable bonds is 4. The first-order valence-corrected chi connectivity index (χ1v) is 6.75. The lowest BCUT2D eigenvalue weighted by atomic mass is 10.0. The number of ether oxygens (including phenoxy) is 1. The molecule has 1 rings (SSSR count). The van der Waals surface area contributed by atoms with Crippen LogP contribution in [0.4, 0.5) is 13.6 Å². The Morgan fingerprint density at radius 3 is 2.52 bits per heavy atom. The van der Waals surface area contributed by atoms with Gasteiger partial charge in [-0.05, 0) is 57.4 Å². The third-order valence-corrected chi connectivity index (χ3v) is 2.72. The van der Waals surface area contributed by atoms with Crippen LogP contribution in [0.5, 0.6) is 0 Å². The minimum atomic E-state index is -0.597. The van der Waals surface area contributed by atoms with E-state index in [2.05, 4.69) is 5.32 Å². The van der Waals surface area contributed by atoms with Gasteiger partial charge in [0, 0.05) is 12.6 Å². The average molecular weight is 300 g/mol. The maximum absolute atomic E-state index is 13.7. The first-order valence-electron chi connectivity index (χ1n) is 6.75. The molecule has 0 fully saturated rings. The van der Waals surface area contributed by atoms with Gasteiger partial charge in [0.05, 0.1) is 0 Å². The fraction of sp³-hybridized carbons (Fsp3) is 0.533. The van der Waals surface area contributed by atoms with Crippen LogP contribution in [0.3, 0.4) is 0 Å². The molecular weight excluding hydrogens is 278 g/mol. The van der Waals surface area contributed by atoms with E-state index in [1.54, 1.807) is 20.8 Å². The number of carbonyl (C=O) groups is 1.